The number of imidazole rings is 1. The van der Waals surface area contributed by atoms with Crippen molar-refractivity contribution in [3.05, 3.63) is 35.8 Å². The predicted molar refractivity (Wildman–Crippen MR) is 51.9 cm³/mol. The first-order valence-corrected chi connectivity index (χ1v) is 4.27. The van der Waals surface area contributed by atoms with Crippen LogP contribution in [0.15, 0.2) is 24.5 Å². The molecule has 0 aliphatic heterocycles. The minimum atomic E-state index is -0.469. The average Bonchev–Trinajstić information content (AvgIpc) is 2.70. The van der Waals surface area contributed by atoms with Crippen LogP contribution >= 0.6 is 0 Å². The van der Waals surface area contributed by atoms with Crippen LogP contribution in [0, 0.1) is 0 Å². The lowest BCUT2D eigenvalue weighted by Crippen LogP contribution is -2.04. The zero-order valence-electron chi connectivity index (χ0n) is 8.01. The van der Waals surface area contributed by atoms with Crippen LogP contribution in [0.3, 0.4) is 0 Å². The van der Waals surface area contributed by atoms with Crippen molar-refractivity contribution in [1.29, 1.82) is 0 Å². The molecule has 0 aliphatic carbocycles. The van der Waals surface area contributed by atoms with Crippen molar-refractivity contribution in [3.63, 3.8) is 0 Å². The monoisotopic (exact) mass is 204 g/mol. The lowest BCUT2D eigenvalue weighted by molar-refractivity contribution is 0.0602. The molecule has 15 heavy (non-hydrogen) atoms. The molecular formula is C10H8N2O3. The summed E-state index contributed by atoms with van der Waals surface area (Å²) in [6, 6.07) is 3.26. The number of hydrogen-bond acceptors (Lipinski definition) is 4. The van der Waals surface area contributed by atoms with E-state index in [1.165, 1.54) is 13.3 Å². The second kappa shape index (κ2) is 3.53. The Bertz CT molecular complexity index is 530. The summed E-state index contributed by atoms with van der Waals surface area (Å²) in [7, 11) is 1.30. The average molecular weight is 204 g/mol. The molecule has 0 saturated carbocycles. The fourth-order valence-electron chi connectivity index (χ4n) is 1.39. The number of esters is 1. The standard InChI is InChI=1S/C10H8N2O3/c1-15-10(14)8-3-2-4-12-7(6-13)5-11-9(8)12/h2-6H,1H3. The third-order valence-corrected chi connectivity index (χ3v) is 2.09. The van der Waals surface area contributed by atoms with Gasteiger partial charge < -0.3 is 4.74 Å². The van der Waals surface area contributed by atoms with Crippen LogP contribution in [0.4, 0.5) is 0 Å². The molecule has 0 bridgehead atoms. The highest BCUT2D eigenvalue weighted by Crippen LogP contribution is 2.11. The second-order valence-electron chi connectivity index (χ2n) is 2.91. The van der Waals surface area contributed by atoms with E-state index in [4.69, 9.17) is 0 Å². The minimum absolute atomic E-state index is 0.341. The molecule has 2 aromatic rings. The lowest BCUT2D eigenvalue weighted by atomic mass is 10.3. The number of pyridine rings is 1. The first kappa shape index (κ1) is 9.39. The zero-order valence-corrected chi connectivity index (χ0v) is 8.01. The van der Waals surface area contributed by atoms with Crippen LogP contribution in [-0.4, -0.2) is 28.7 Å². The largest absolute Gasteiger partial charge is 0.465 e. The Balaban J connectivity index is 2.72. The number of rotatable bonds is 2. The number of methoxy groups -OCH3 is 1. The van der Waals surface area contributed by atoms with Crippen molar-refractivity contribution in [2.75, 3.05) is 7.11 Å². The van der Waals surface area contributed by atoms with Gasteiger partial charge in [0.25, 0.3) is 0 Å². The van der Waals surface area contributed by atoms with Crippen LogP contribution in [0.2, 0.25) is 0 Å². The normalized spacial score (nSPS) is 10.2. The summed E-state index contributed by atoms with van der Waals surface area (Å²) in [4.78, 5) is 26.0. The van der Waals surface area contributed by atoms with Crippen molar-refractivity contribution < 1.29 is 14.3 Å². The van der Waals surface area contributed by atoms with Crippen molar-refractivity contribution in [2.45, 2.75) is 0 Å². The Morgan fingerprint density at radius 2 is 2.40 bits per heavy atom. The van der Waals surface area contributed by atoms with Crippen LogP contribution in [0.5, 0.6) is 0 Å². The highest BCUT2D eigenvalue weighted by molar-refractivity contribution is 5.96. The van der Waals surface area contributed by atoms with Crippen molar-refractivity contribution in [2.24, 2.45) is 0 Å². The minimum Gasteiger partial charge on any atom is -0.465 e. The number of fused-ring (bicyclic) bond motifs is 1. The third kappa shape index (κ3) is 1.38. The second-order valence-corrected chi connectivity index (χ2v) is 2.91. The molecule has 2 aromatic heterocycles. The molecule has 0 aliphatic rings. The van der Waals surface area contributed by atoms with E-state index < -0.39 is 5.97 Å². The van der Waals surface area contributed by atoms with Gasteiger partial charge in [-0.3, -0.25) is 9.20 Å². The Morgan fingerprint density at radius 3 is 3.07 bits per heavy atom. The fourth-order valence-corrected chi connectivity index (χ4v) is 1.39. The van der Waals surface area contributed by atoms with Gasteiger partial charge in [-0.1, -0.05) is 0 Å². The first-order valence-electron chi connectivity index (χ1n) is 4.27. The van der Waals surface area contributed by atoms with Gasteiger partial charge in [0.1, 0.15) is 11.3 Å². The van der Waals surface area contributed by atoms with E-state index in [0.717, 1.165) is 0 Å². The Hall–Kier alpha value is -2.17. The zero-order chi connectivity index (χ0) is 10.8. The molecule has 0 amide bonds. The number of aldehydes is 1. The van der Waals surface area contributed by atoms with Gasteiger partial charge in [-0.2, -0.15) is 0 Å². The highest BCUT2D eigenvalue weighted by Gasteiger charge is 2.13. The first-order chi connectivity index (χ1) is 7.27. The number of nitrogens with zero attached hydrogens (tertiary/aromatic N) is 2. The molecule has 0 atom stereocenters. The molecular weight excluding hydrogens is 196 g/mol. The molecule has 0 aromatic carbocycles. The number of carbonyl (C=O) groups is 2. The van der Waals surface area contributed by atoms with Crippen LogP contribution in [0.1, 0.15) is 20.8 Å². The van der Waals surface area contributed by atoms with E-state index in [-0.39, 0.29) is 0 Å². The van der Waals surface area contributed by atoms with Crippen molar-refractivity contribution >= 4 is 17.9 Å². The molecule has 0 fully saturated rings. The maximum atomic E-state index is 11.4. The maximum Gasteiger partial charge on any atom is 0.341 e. The van der Waals surface area contributed by atoms with E-state index in [2.05, 4.69) is 9.72 Å². The fraction of sp³-hybridized carbons (Fsp3) is 0.100. The summed E-state index contributed by atoms with van der Waals surface area (Å²) in [5.74, 6) is -0.469. The van der Waals surface area contributed by atoms with Crippen molar-refractivity contribution in [3.8, 4) is 0 Å². The summed E-state index contributed by atoms with van der Waals surface area (Å²) in [5.41, 5.74) is 1.16. The van der Waals surface area contributed by atoms with Gasteiger partial charge in [0.15, 0.2) is 11.9 Å². The van der Waals surface area contributed by atoms with Crippen molar-refractivity contribution in [1.82, 2.24) is 9.38 Å². The topological polar surface area (TPSA) is 60.7 Å². The molecule has 2 heterocycles. The molecule has 0 saturated heterocycles. The van der Waals surface area contributed by atoms with E-state index in [1.807, 2.05) is 0 Å². The van der Waals surface area contributed by atoms with Gasteiger partial charge in [-0.25, -0.2) is 9.78 Å². The number of carbonyl (C=O) groups excluding carboxylic acids is 2. The molecule has 5 heteroatoms. The Labute approximate surface area is 85.3 Å². The van der Waals surface area contributed by atoms with E-state index in [1.54, 1.807) is 22.7 Å². The Kier molecular flexibility index (Phi) is 2.21. The molecule has 0 unspecified atom stereocenters. The summed E-state index contributed by atoms with van der Waals surface area (Å²) in [6.45, 7) is 0. The van der Waals surface area contributed by atoms with Crippen LogP contribution < -0.4 is 0 Å². The lowest BCUT2D eigenvalue weighted by Gasteiger charge is -2.01. The molecule has 5 nitrogen and oxygen atoms in total. The maximum absolute atomic E-state index is 11.4. The molecule has 0 N–H and O–H groups in total. The SMILES string of the molecule is COC(=O)c1cccn2c(C=O)cnc12. The highest BCUT2D eigenvalue weighted by atomic mass is 16.5. The van der Waals surface area contributed by atoms with Gasteiger partial charge in [0.05, 0.1) is 13.3 Å². The predicted octanol–water partition coefficient (Wildman–Crippen LogP) is 0.933. The third-order valence-electron chi connectivity index (χ3n) is 2.09. The summed E-state index contributed by atoms with van der Waals surface area (Å²) in [6.07, 6.45) is 3.76. The molecule has 0 spiro atoms. The molecule has 2 rings (SSSR count). The number of aromatic nitrogens is 2. The van der Waals surface area contributed by atoms with E-state index >= 15 is 0 Å². The van der Waals surface area contributed by atoms with Gasteiger partial charge in [-0.15, -0.1) is 0 Å². The molecule has 76 valence electrons. The number of ether oxygens (including phenoxy) is 1. The van der Waals surface area contributed by atoms with Crippen LogP contribution in [-0.2, 0) is 4.74 Å². The van der Waals surface area contributed by atoms with Gasteiger partial charge in [0.2, 0.25) is 0 Å². The summed E-state index contributed by atoms with van der Waals surface area (Å²) in [5, 5.41) is 0. The van der Waals surface area contributed by atoms with Gasteiger partial charge in [0, 0.05) is 6.20 Å². The van der Waals surface area contributed by atoms with Gasteiger partial charge >= 0.3 is 5.97 Å². The van der Waals surface area contributed by atoms with E-state index in [9.17, 15) is 9.59 Å². The summed E-state index contributed by atoms with van der Waals surface area (Å²) < 4.78 is 6.15. The quantitative estimate of drug-likeness (QED) is 0.539. The number of hydrogen-bond donors (Lipinski definition) is 0. The van der Waals surface area contributed by atoms with E-state index in [0.29, 0.717) is 23.2 Å². The smallest absolute Gasteiger partial charge is 0.341 e. The van der Waals surface area contributed by atoms with Crippen LogP contribution in [0.25, 0.3) is 5.65 Å². The van der Waals surface area contributed by atoms with Gasteiger partial charge in [-0.05, 0) is 12.1 Å². The summed E-state index contributed by atoms with van der Waals surface area (Å²) >= 11 is 0. The Morgan fingerprint density at radius 1 is 1.60 bits per heavy atom. The molecule has 0 radical (unpaired) electrons.